The minimum absolute atomic E-state index is 0.448. The largest absolute Gasteiger partial charge is 0.355 e. The van der Waals surface area contributed by atoms with Gasteiger partial charge >= 0.3 is 0 Å². The lowest BCUT2D eigenvalue weighted by Gasteiger charge is -2.03. The zero-order valence-corrected chi connectivity index (χ0v) is 9.63. The van der Waals surface area contributed by atoms with Gasteiger partial charge in [-0.15, -0.1) is 0 Å². The lowest BCUT2D eigenvalue weighted by molar-refractivity contribution is -0.0531. The Morgan fingerprint density at radius 2 is 1.71 bits per heavy atom. The first-order valence-electron chi connectivity index (χ1n) is 5.72. The fourth-order valence-electron chi connectivity index (χ4n) is 1.07. The highest BCUT2D eigenvalue weighted by Gasteiger charge is 1.88. The van der Waals surface area contributed by atoms with Crippen LogP contribution in [0.15, 0.2) is 12.2 Å². The van der Waals surface area contributed by atoms with Crippen molar-refractivity contribution in [3.63, 3.8) is 0 Å². The number of hydrogen-bond acceptors (Lipinski definition) is 2. The third kappa shape index (κ3) is 11.7. The molecular weight excluding hydrogens is 176 g/mol. The Hall–Kier alpha value is -0.340. The number of allylic oxidation sites excluding steroid dienone is 1. The van der Waals surface area contributed by atoms with Crippen LogP contribution < -0.4 is 0 Å². The van der Waals surface area contributed by atoms with Crippen molar-refractivity contribution in [2.75, 3.05) is 20.0 Å². The van der Waals surface area contributed by atoms with Gasteiger partial charge in [0.2, 0.25) is 0 Å². The minimum Gasteiger partial charge on any atom is -0.355 e. The van der Waals surface area contributed by atoms with E-state index in [4.69, 9.17) is 9.47 Å². The Bertz CT molecular complexity index is 121. The lowest BCUT2D eigenvalue weighted by Crippen LogP contribution is -2.02. The van der Waals surface area contributed by atoms with Crippen molar-refractivity contribution in [2.24, 2.45) is 0 Å². The summed E-state index contributed by atoms with van der Waals surface area (Å²) in [5.74, 6) is 0. The van der Waals surface area contributed by atoms with Crippen LogP contribution in [-0.2, 0) is 9.47 Å². The summed E-state index contributed by atoms with van der Waals surface area (Å²) in [4.78, 5) is 0. The highest BCUT2D eigenvalue weighted by molar-refractivity contribution is 4.79. The monoisotopic (exact) mass is 200 g/mol. The van der Waals surface area contributed by atoms with Crippen LogP contribution in [0.2, 0.25) is 0 Å². The fraction of sp³-hybridized carbons (Fsp3) is 0.833. The summed E-state index contributed by atoms with van der Waals surface area (Å²) < 4.78 is 10.6. The number of unbranched alkanes of at least 4 members (excludes halogenated alkanes) is 2. The Morgan fingerprint density at radius 3 is 2.43 bits per heavy atom. The molecule has 0 saturated heterocycles. The van der Waals surface area contributed by atoms with Gasteiger partial charge in [0.05, 0.1) is 6.61 Å². The van der Waals surface area contributed by atoms with Crippen LogP contribution in [0.4, 0.5) is 0 Å². The molecule has 0 aliphatic carbocycles. The molecule has 2 heteroatoms. The average molecular weight is 200 g/mol. The van der Waals surface area contributed by atoms with Crippen LogP contribution in [0.5, 0.6) is 0 Å². The van der Waals surface area contributed by atoms with Gasteiger partial charge in [0.1, 0.15) is 6.79 Å². The molecule has 0 unspecified atom stereocenters. The summed E-state index contributed by atoms with van der Waals surface area (Å²) in [5, 5.41) is 0. The van der Waals surface area contributed by atoms with Crippen molar-refractivity contribution in [3.05, 3.63) is 12.2 Å². The highest BCUT2D eigenvalue weighted by Crippen LogP contribution is 1.94. The van der Waals surface area contributed by atoms with Gasteiger partial charge in [-0.3, -0.25) is 0 Å². The van der Waals surface area contributed by atoms with Crippen molar-refractivity contribution >= 4 is 0 Å². The minimum atomic E-state index is 0.448. The van der Waals surface area contributed by atoms with Crippen LogP contribution >= 0.6 is 0 Å². The van der Waals surface area contributed by atoms with Gasteiger partial charge in [-0.05, 0) is 19.3 Å². The maximum Gasteiger partial charge on any atom is 0.146 e. The normalized spacial score (nSPS) is 11.3. The average Bonchev–Trinajstić information content (AvgIpc) is 2.21. The summed E-state index contributed by atoms with van der Waals surface area (Å²) >= 11 is 0. The molecule has 0 saturated carbocycles. The van der Waals surface area contributed by atoms with Gasteiger partial charge in [0.15, 0.2) is 0 Å². The Kier molecular flexibility index (Phi) is 12.4. The molecule has 0 aliphatic heterocycles. The molecule has 2 nitrogen and oxygen atoms in total. The predicted octanol–water partition coefficient (Wildman–Crippen LogP) is 3.52. The molecule has 0 bridgehead atoms. The summed E-state index contributed by atoms with van der Waals surface area (Å²) in [6, 6.07) is 0. The van der Waals surface area contributed by atoms with E-state index >= 15 is 0 Å². The van der Waals surface area contributed by atoms with Gasteiger partial charge < -0.3 is 9.47 Å². The molecule has 0 aromatic carbocycles. The molecule has 0 aliphatic rings. The second-order valence-corrected chi connectivity index (χ2v) is 3.31. The molecule has 0 aromatic rings. The number of rotatable bonds is 10. The van der Waals surface area contributed by atoms with E-state index in [2.05, 4.69) is 26.0 Å². The SMILES string of the molecule is CCC=CCCOCOCCCCC. The Morgan fingerprint density at radius 1 is 0.929 bits per heavy atom. The molecule has 0 spiro atoms. The molecular formula is C12H24O2. The maximum absolute atomic E-state index is 5.30. The molecule has 84 valence electrons. The lowest BCUT2D eigenvalue weighted by atomic mass is 10.3. The smallest absolute Gasteiger partial charge is 0.146 e. The predicted molar refractivity (Wildman–Crippen MR) is 60.3 cm³/mol. The van der Waals surface area contributed by atoms with Crippen LogP contribution in [0.1, 0.15) is 46.0 Å². The van der Waals surface area contributed by atoms with E-state index in [1.807, 2.05) is 0 Å². The molecule has 14 heavy (non-hydrogen) atoms. The molecule has 0 radical (unpaired) electrons. The van der Waals surface area contributed by atoms with E-state index < -0.39 is 0 Å². The zero-order chi connectivity index (χ0) is 10.5. The zero-order valence-electron chi connectivity index (χ0n) is 9.63. The third-order valence-corrected chi connectivity index (χ3v) is 1.89. The summed E-state index contributed by atoms with van der Waals surface area (Å²) in [5.41, 5.74) is 0. The second-order valence-electron chi connectivity index (χ2n) is 3.31. The number of hydrogen-bond donors (Lipinski definition) is 0. The van der Waals surface area contributed by atoms with Gasteiger partial charge in [0, 0.05) is 6.61 Å². The van der Waals surface area contributed by atoms with Gasteiger partial charge in [-0.1, -0.05) is 38.8 Å². The summed E-state index contributed by atoms with van der Waals surface area (Å²) in [7, 11) is 0. The van der Waals surface area contributed by atoms with Crippen molar-refractivity contribution in [1.29, 1.82) is 0 Å². The first kappa shape index (κ1) is 13.7. The van der Waals surface area contributed by atoms with Crippen molar-refractivity contribution in [1.82, 2.24) is 0 Å². The second kappa shape index (κ2) is 12.7. The van der Waals surface area contributed by atoms with Crippen LogP contribution in [0, 0.1) is 0 Å². The van der Waals surface area contributed by atoms with E-state index in [0.717, 1.165) is 32.5 Å². The first-order chi connectivity index (χ1) is 6.91. The molecule has 0 amide bonds. The molecule has 0 heterocycles. The van der Waals surface area contributed by atoms with Crippen molar-refractivity contribution < 1.29 is 9.47 Å². The van der Waals surface area contributed by atoms with Crippen LogP contribution in [0.25, 0.3) is 0 Å². The topological polar surface area (TPSA) is 18.5 Å². The molecule has 0 N–H and O–H groups in total. The highest BCUT2D eigenvalue weighted by atomic mass is 16.7. The maximum atomic E-state index is 5.30. The molecule has 0 aromatic heterocycles. The molecule has 0 fully saturated rings. The van der Waals surface area contributed by atoms with Crippen LogP contribution in [0.3, 0.4) is 0 Å². The van der Waals surface area contributed by atoms with E-state index in [0.29, 0.717) is 6.79 Å². The quantitative estimate of drug-likeness (QED) is 0.305. The van der Waals surface area contributed by atoms with Crippen molar-refractivity contribution in [2.45, 2.75) is 46.0 Å². The van der Waals surface area contributed by atoms with E-state index in [9.17, 15) is 0 Å². The van der Waals surface area contributed by atoms with Crippen molar-refractivity contribution in [3.8, 4) is 0 Å². The van der Waals surface area contributed by atoms with E-state index in [-0.39, 0.29) is 0 Å². The number of ether oxygens (including phenoxy) is 2. The standard InChI is InChI=1S/C12H24O2/c1-3-5-7-9-11-14-12-13-10-8-6-4-2/h5,7H,3-4,6,8-12H2,1-2H3. The van der Waals surface area contributed by atoms with Gasteiger partial charge in [-0.25, -0.2) is 0 Å². The third-order valence-electron chi connectivity index (χ3n) is 1.89. The fourth-order valence-corrected chi connectivity index (χ4v) is 1.07. The molecule has 0 atom stereocenters. The summed E-state index contributed by atoms with van der Waals surface area (Å²) in [6.07, 6.45) is 10.0. The van der Waals surface area contributed by atoms with E-state index in [1.54, 1.807) is 0 Å². The Balaban J connectivity index is 2.88. The first-order valence-corrected chi connectivity index (χ1v) is 5.72. The Labute approximate surface area is 88.3 Å². The van der Waals surface area contributed by atoms with Crippen LogP contribution in [-0.4, -0.2) is 20.0 Å². The van der Waals surface area contributed by atoms with E-state index in [1.165, 1.54) is 12.8 Å². The summed E-state index contributed by atoms with van der Waals surface area (Å²) in [6.45, 7) is 6.37. The van der Waals surface area contributed by atoms with Gasteiger partial charge in [-0.2, -0.15) is 0 Å². The van der Waals surface area contributed by atoms with Gasteiger partial charge in [0.25, 0.3) is 0 Å². The molecule has 0 rings (SSSR count).